The molecule has 7 nitrogen and oxygen atoms in total. The highest BCUT2D eigenvalue weighted by Gasteiger charge is 2.30. The molecule has 0 spiro atoms. The van der Waals surface area contributed by atoms with Gasteiger partial charge in [0, 0.05) is 50.2 Å². The quantitative estimate of drug-likeness (QED) is 0.367. The van der Waals surface area contributed by atoms with Gasteiger partial charge in [-0.3, -0.25) is 4.90 Å². The van der Waals surface area contributed by atoms with Crippen LogP contribution in [0.1, 0.15) is 51.2 Å². The van der Waals surface area contributed by atoms with E-state index in [0.717, 1.165) is 67.7 Å². The highest BCUT2D eigenvalue weighted by molar-refractivity contribution is 5.76. The highest BCUT2D eigenvalue weighted by atomic mass is 19.1. The molecule has 202 valence electrons. The summed E-state index contributed by atoms with van der Waals surface area (Å²) in [5, 5.41) is 9.44. The van der Waals surface area contributed by atoms with Crippen molar-refractivity contribution in [3.05, 3.63) is 71.8 Å². The zero-order valence-electron chi connectivity index (χ0n) is 22.7. The van der Waals surface area contributed by atoms with Crippen molar-refractivity contribution >= 4 is 11.9 Å². The summed E-state index contributed by atoms with van der Waals surface area (Å²) < 4.78 is 19.5. The summed E-state index contributed by atoms with van der Waals surface area (Å²) in [5.74, 6) is -0.00440. The largest absolute Gasteiger partial charge is 0.478 e. The second kappa shape index (κ2) is 11.9. The summed E-state index contributed by atoms with van der Waals surface area (Å²) in [5.41, 5.74) is 2.38. The number of halogens is 1. The Labute approximate surface area is 224 Å². The van der Waals surface area contributed by atoms with Gasteiger partial charge in [-0.15, -0.1) is 0 Å². The van der Waals surface area contributed by atoms with Gasteiger partial charge >= 0.3 is 5.97 Å². The summed E-state index contributed by atoms with van der Waals surface area (Å²) in [6.45, 7) is 10.6. The molecule has 0 unspecified atom stereocenters. The van der Waals surface area contributed by atoms with Crippen LogP contribution in [0.2, 0.25) is 0 Å². The Morgan fingerprint density at radius 3 is 2.58 bits per heavy atom. The van der Waals surface area contributed by atoms with Gasteiger partial charge in [-0.25, -0.2) is 19.2 Å². The molecule has 1 atom stereocenters. The van der Waals surface area contributed by atoms with Crippen LogP contribution in [-0.2, 0) is 11.3 Å². The number of nitrogens with zero attached hydrogens (tertiary/aromatic N) is 4. The third-order valence-corrected chi connectivity index (χ3v) is 6.92. The lowest BCUT2D eigenvalue weighted by molar-refractivity contribution is -0.152. The summed E-state index contributed by atoms with van der Waals surface area (Å²) >= 11 is 0. The lowest BCUT2D eigenvalue weighted by Gasteiger charge is -2.41. The maximum atomic E-state index is 13.6. The van der Waals surface area contributed by atoms with E-state index in [1.165, 1.54) is 12.1 Å². The number of unbranched alkanes of at least 4 members (excludes halogenated alkanes) is 1. The average molecular weight is 521 g/mol. The van der Waals surface area contributed by atoms with Crippen molar-refractivity contribution in [1.82, 2.24) is 14.9 Å². The van der Waals surface area contributed by atoms with E-state index in [0.29, 0.717) is 11.7 Å². The van der Waals surface area contributed by atoms with Gasteiger partial charge < -0.3 is 14.7 Å². The van der Waals surface area contributed by atoms with Crippen LogP contribution >= 0.6 is 0 Å². The van der Waals surface area contributed by atoms with Gasteiger partial charge in [0.25, 0.3) is 0 Å². The molecule has 3 aromatic rings. The van der Waals surface area contributed by atoms with E-state index in [2.05, 4.69) is 32.8 Å². The number of carboxylic acids is 1. The summed E-state index contributed by atoms with van der Waals surface area (Å²) in [4.78, 5) is 25.6. The third-order valence-electron chi connectivity index (χ3n) is 6.92. The van der Waals surface area contributed by atoms with E-state index in [1.807, 2.05) is 25.1 Å². The lowest BCUT2D eigenvalue weighted by Crippen LogP contribution is -2.53. The van der Waals surface area contributed by atoms with Gasteiger partial charge in [0.2, 0.25) is 5.95 Å². The van der Waals surface area contributed by atoms with Crippen LogP contribution in [0, 0.1) is 12.7 Å². The number of ether oxygens (including phenoxy) is 1. The first-order chi connectivity index (χ1) is 18.1. The number of carboxylic acid groups (broad SMARTS) is 1. The van der Waals surface area contributed by atoms with E-state index in [-0.39, 0.29) is 11.9 Å². The number of aromatic nitrogens is 2. The fraction of sp³-hybridized carbons (Fsp3) is 0.433. The molecule has 0 aliphatic carbocycles. The number of aryl methyl sites for hydroxylation is 1. The second-order valence-electron chi connectivity index (χ2n) is 10.6. The highest BCUT2D eigenvalue weighted by Crippen LogP contribution is 2.26. The number of aliphatic carboxylic acids is 1. The number of anilines is 1. The van der Waals surface area contributed by atoms with Crippen LogP contribution in [0.5, 0.6) is 5.75 Å². The molecule has 1 aliphatic rings. The molecule has 0 bridgehead atoms. The normalized spacial score (nSPS) is 16.4. The van der Waals surface area contributed by atoms with Crippen LogP contribution in [0.15, 0.2) is 54.9 Å². The molecular formula is C30H37FN4O3. The molecule has 2 aromatic carbocycles. The molecule has 1 fully saturated rings. The van der Waals surface area contributed by atoms with Crippen molar-refractivity contribution in [2.75, 3.05) is 24.5 Å². The Kier molecular flexibility index (Phi) is 8.62. The Balaban J connectivity index is 1.47. The van der Waals surface area contributed by atoms with E-state index in [4.69, 9.17) is 4.74 Å². The van der Waals surface area contributed by atoms with E-state index >= 15 is 0 Å². The van der Waals surface area contributed by atoms with Gasteiger partial charge in [0.05, 0.1) is 0 Å². The molecule has 2 heterocycles. The standard InChI is InChI=1S/C30H37FN4O3/c1-5-6-10-26-20-34(19-22-13-21(2)14-27(15-22)38-30(3,4)28(36)37)11-12-35(26)29-32-17-24(18-33-29)23-8-7-9-25(31)16-23/h7-9,13-18,26H,5-6,10-12,19-20H2,1-4H3,(H,36,37)/t26-/m1/s1. The molecule has 8 heteroatoms. The van der Waals surface area contributed by atoms with Gasteiger partial charge in [-0.05, 0) is 68.1 Å². The van der Waals surface area contributed by atoms with Crippen LogP contribution < -0.4 is 9.64 Å². The minimum atomic E-state index is -1.30. The number of hydrogen-bond donors (Lipinski definition) is 1. The average Bonchev–Trinajstić information content (AvgIpc) is 2.87. The number of piperazine rings is 1. The zero-order valence-corrected chi connectivity index (χ0v) is 22.7. The topological polar surface area (TPSA) is 78.8 Å². The zero-order chi connectivity index (χ0) is 27.3. The van der Waals surface area contributed by atoms with Gasteiger partial charge in [-0.1, -0.05) is 38.0 Å². The first-order valence-electron chi connectivity index (χ1n) is 13.2. The summed E-state index contributed by atoms with van der Waals surface area (Å²) in [6.07, 6.45) is 6.81. The maximum absolute atomic E-state index is 13.6. The summed E-state index contributed by atoms with van der Waals surface area (Å²) in [7, 11) is 0. The molecule has 0 amide bonds. The summed E-state index contributed by atoms with van der Waals surface area (Å²) in [6, 6.07) is 12.7. The predicted octanol–water partition coefficient (Wildman–Crippen LogP) is 5.71. The Bertz CT molecular complexity index is 1250. The van der Waals surface area contributed by atoms with Crippen LogP contribution in [0.4, 0.5) is 10.3 Å². The first kappa shape index (κ1) is 27.5. The first-order valence-corrected chi connectivity index (χ1v) is 13.2. The third kappa shape index (κ3) is 6.86. The fourth-order valence-corrected chi connectivity index (χ4v) is 4.87. The van der Waals surface area contributed by atoms with E-state index in [1.54, 1.807) is 32.3 Å². The smallest absolute Gasteiger partial charge is 0.347 e. The van der Waals surface area contributed by atoms with Gasteiger partial charge in [0.15, 0.2) is 5.60 Å². The molecule has 4 rings (SSSR count). The molecule has 1 N–H and O–H groups in total. The Morgan fingerprint density at radius 2 is 1.89 bits per heavy atom. The van der Waals surface area contributed by atoms with Crippen molar-refractivity contribution < 1.29 is 19.0 Å². The molecule has 0 radical (unpaired) electrons. The number of rotatable bonds is 10. The minimum absolute atomic E-state index is 0.273. The predicted molar refractivity (Wildman–Crippen MR) is 147 cm³/mol. The van der Waals surface area contributed by atoms with Crippen molar-refractivity contribution in [3.8, 4) is 16.9 Å². The van der Waals surface area contributed by atoms with E-state index < -0.39 is 11.6 Å². The maximum Gasteiger partial charge on any atom is 0.347 e. The van der Waals surface area contributed by atoms with E-state index in [9.17, 15) is 14.3 Å². The van der Waals surface area contributed by atoms with Crippen LogP contribution in [0.3, 0.4) is 0 Å². The van der Waals surface area contributed by atoms with Crippen molar-refractivity contribution in [2.45, 2.75) is 65.1 Å². The van der Waals surface area contributed by atoms with Crippen LogP contribution in [0.25, 0.3) is 11.1 Å². The van der Waals surface area contributed by atoms with Crippen molar-refractivity contribution in [3.63, 3.8) is 0 Å². The molecular weight excluding hydrogens is 483 g/mol. The van der Waals surface area contributed by atoms with Crippen LogP contribution in [-0.4, -0.2) is 57.2 Å². The second-order valence-corrected chi connectivity index (χ2v) is 10.6. The van der Waals surface area contributed by atoms with Crippen molar-refractivity contribution in [1.29, 1.82) is 0 Å². The SMILES string of the molecule is CCCC[C@@H]1CN(Cc2cc(C)cc(OC(C)(C)C(=O)O)c2)CCN1c1ncc(-c2cccc(F)c2)cn1. The van der Waals surface area contributed by atoms with Gasteiger partial charge in [-0.2, -0.15) is 0 Å². The Morgan fingerprint density at radius 1 is 1.13 bits per heavy atom. The fourth-order valence-electron chi connectivity index (χ4n) is 4.87. The molecule has 1 saturated heterocycles. The molecule has 38 heavy (non-hydrogen) atoms. The minimum Gasteiger partial charge on any atom is -0.478 e. The monoisotopic (exact) mass is 520 g/mol. The number of hydrogen-bond acceptors (Lipinski definition) is 6. The van der Waals surface area contributed by atoms with Crippen molar-refractivity contribution in [2.24, 2.45) is 0 Å². The lowest BCUT2D eigenvalue weighted by atomic mass is 10.0. The number of benzene rings is 2. The Hall–Kier alpha value is -3.52. The molecule has 1 aromatic heterocycles. The van der Waals surface area contributed by atoms with Gasteiger partial charge in [0.1, 0.15) is 11.6 Å². The molecule has 0 saturated carbocycles. The molecule has 1 aliphatic heterocycles. The number of carbonyl (C=O) groups is 1.